The maximum absolute atomic E-state index is 12.1. The third-order valence-corrected chi connectivity index (χ3v) is 3.58. The Bertz CT molecular complexity index is 909. The molecule has 11 heteroatoms. The molecule has 0 heterocycles. The Morgan fingerprint density at radius 2 is 1.76 bits per heavy atom. The van der Waals surface area contributed by atoms with E-state index < -0.39 is 6.36 Å². The summed E-state index contributed by atoms with van der Waals surface area (Å²) in [4.78, 5) is 8.03. The van der Waals surface area contributed by atoms with Gasteiger partial charge in [-0.3, -0.25) is 5.43 Å². The van der Waals surface area contributed by atoms with Crippen LogP contribution in [-0.4, -0.2) is 36.9 Å². The fraction of sp³-hybridized carbons (Fsp3) is 0.111. The van der Waals surface area contributed by atoms with Gasteiger partial charge in [-0.05, 0) is 42.0 Å². The molecule has 29 heavy (non-hydrogen) atoms. The molecule has 0 atom stereocenters. The lowest BCUT2D eigenvalue weighted by atomic mass is 10.1. The van der Waals surface area contributed by atoms with Crippen LogP contribution in [0.3, 0.4) is 0 Å². The normalized spacial score (nSPS) is 12.3. The summed E-state index contributed by atoms with van der Waals surface area (Å²) < 4.78 is 40.2. The molecule has 0 saturated carbocycles. The van der Waals surface area contributed by atoms with Crippen LogP contribution in [0.2, 0.25) is 0 Å². The zero-order chi connectivity index (χ0) is 21.3. The molecule has 2 rings (SSSR count). The molecule has 0 unspecified atom stereocenters. The van der Waals surface area contributed by atoms with Gasteiger partial charge in [-0.2, -0.15) is 5.10 Å². The van der Waals surface area contributed by atoms with E-state index in [0.717, 1.165) is 17.7 Å². The molecule has 0 saturated heterocycles. The first-order chi connectivity index (χ1) is 13.8. The highest BCUT2D eigenvalue weighted by Gasteiger charge is 2.30. The third-order valence-electron chi connectivity index (χ3n) is 3.29. The Morgan fingerprint density at radius 1 is 1.10 bits per heavy atom. The molecule has 0 radical (unpaired) electrons. The first kappa shape index (κ1) is 21.8. The fourth-order valence-corrected chi connectivity index (χ4v) is 1.98. The number of ether oxygens (including phenoxy) is 1. The maximum atomic E-state index is 12.1. The van der Waals surface area contributed by atoms with Gasteiger partial charge in [0, 0.05) is 12.6 Å². The molecular weight excluding hydrogens is 405 g/mol. The summed E-state index contributed by atoms with van der Waals surface area (Å²) in [6.45, 7) is 0. The topological polar surface area (TPSA) is 96.4 Å². The van der Waals surface area contributed by atoms with Gasteiger partial charge >= 0.3 is 6.36 Å². The highest BCUT2D eigenvalue weighted by molar-refractivity contribution is 7.80. The van der Waals surface area contributed by atoms with Gasteiger partial charge in [0.25, 0.3) is 0 Å². The van der Waals surface area contributed by atoms with Gasteiger partial charge in [0.15, 0.2) is 5.11 Å². The number of benzene rings is 2. The van der Waals surface area contributed by atoms with E-state index >= 15 is 0 Å². The molecular formula is C18H17F3N6OS. The van der Waals surface area contributed by atoms with Crippen molar-refractivity contribution in [2.45, 2.75) is 6.36 Å². The lowest BCUT2D eigenvalue weighted by Crippen LogP contribution is -2.28. The Hall–Kier alpha value is -3.47. The number of thiocarbonyl (C=S) groups is 1. The fourth-order valence-electron chi connectivity index (χ4n) is 1.93. The number of halogens is 3. The van der Waals surface area contributed by atoms with Gasteiger partial charge in [-0.25, -0.2) is 9.98 Å². The predicted molar refractivity (Wildman–Crippen MR) is 111 cm³/mol. The number of hydrogen-bond acceptors (Lipinski definition) is 4. The van der Waals surface area contributed by atoms with Crippen LogP contribution in [0, 0.1) is 0 Å². The number of rotatable bonds is 6. The Balaban J connectivity index is 1.96. The number of nitrogens with zero attached hydrogens (tertiary/aromatic N) is 3. The third kappa shape index (κ3) is 7.97. The second kappa shape index (κ2) is 10.2. The lowest BCUT2D eigenvalue weighted by Gasteiger charge is -2.08. The number of hydrazone groups is 1. The summed E-state index contributed by atoms with van der Waals surface area (Å²) in [6, 6.07) is 12.2. The standard InChI is InChI=1S/C18H17F3N6OS/c1-23-17(29)27-26-10-12-2-4-13(5-3-12)16(22)25-11-24-14-6-8-15(9-7-14)28-18(19,20)21/h2-11H,1H3,(H2,22,24,25)(H2,23,27,29)/b26-10+. The van der Waals surface area contributed by atoms with Gasteiger partial charge in [0.05, 0.1) is 11.9 Å². The van der Waals surface area contributed by atoms with Gasteiger partial charge < -0.3 is 15.8 Å². The number of hydrogen-bond donors (Lipinski definition) is 3. The zero-order valence-electron chi connectivity index (χ0n) is 15.1. The monoisotopic (exact) mass is 422 g/mol. The van der Waals surface area contributed by atoms with Crippen molar-refractivity contribution in [1.29, 1.82) is 0 Å². The number of alkyl halides is 3. The van der Waals surface area contributed by atoms with Crippen LogP contribution in [0.1, 0.15) is 11.1 Å². The van der Waals surface area contributed by atoms with Crippen molar-refractivity contribution >= 4 is 41.4 Å². The average molecular weight is 422 g/mol. The Kier molecular flexibility index (Phi) is 7.66. The second-order valence-corrected chi connectivity index (χ2v) is 5.78. The first-order valence-corrected chi connectivity index (χ1v) is 8.50. The zero-order valence-corrected chi connectivity index (χ0v) is 16.0. The van der Waals surface area contributed by atoms with Crippen LogP contribution in [0.25, 0.3) is 0 Å². The maximum Gasteiger partial charge on any atom is 0.573 e. The van der Waals surface area contributed by atoms with E-state index in [1.807, 2.05) is 0 Å². The van der Waals surface area contributed by atoms with Crippen LogP contribution < -0.4 is 21.2 Å². The van der Waals surface area contributed by atoms with Crippen LogP contribution in [0.15, 0.2) is 63.6 Å². The lowest BCUT2D eigenvalue weighted by molar-refractivity contribution is -0.274. The quantitative estimate of drug-likeness (QED) is 0.288. The molecule has 2 aromatic carbocycles. The van der Waals surface area contributed by atoms with Crippen molar-refractivity contribution in [2.75, 3.05) is 7.05 Å². The van der Waals surface area contributed by atoms with Gasteiger partial charge in [0.1, 0.15) is 17.9 Å². The van der Waals surface area contributed by atoms with Crippen molar-refractivity contribution in [3.63, 3.8) is 0 Å². The molecule has 152 valence electrons. The SMILES string of the molecule is CNC(=S)N/N=C/c1ccc(C(N)=NC=Nc2ccc(OC(F)(F)F)cc2)cc1. The van der Waals surface area contributed by atoms with E-state index in [1.54, 1.807) is 37.5 Å². The summed E-state index contributed by atoms with van der Waals surface area (Å²) in [7, 11) is 1.68. The molecule has 0 aromatic heterocycles. The Morgan fingerprint density at radius 3 is 2.34 bits per heavy atom. The molecule has 4 N–H and O–H groups in total. The molecule has 0 aliphatic carbocycles. The summed E-state index contributed by atoms with van der Waals surface area (Å²) in [5.74, 6) is -0.102. The number of nitrogens with two attached hydrogens (primary N) is 1. The summed E-state index contributed by atoms with van der Waals surface area (Å²) in [5.41, 5.74) is 10.4. The second-order valence-electron chi connectivity index (χ2n) is 5.37. The van der Waals surface area contributed by atoms with Crippen molar-refractivity contribution in [3.8, 4) is 5.75 Å². The molecule has 0 amide bonds. The summed E-state index contributed by atoms with van der Waals surface area (Å²) in [5, 5.41) is 7.09. The largest absolute Gasteiger partial charge is 0.573 e. The van der Waals surface area contributed by atoms with Crippen LogP contribution in [0.5, 0.6) is 5.75 Å². The minimum atomic E-state index is -4.74. The molecule has 0 spiro atoms. The molecule has 0 bridgehead atoms. The van der Waals surface area contributed by atoms with E-state index in [4.69, 9.17) is 18.0 Å². The van der Waals surface area contributed by atoms with E-state index in [1.165, 1.54) is 18.5 Å². The van der Waals surface area contributed by atoms with Crippen LogP contribution >= 0.6 is 12.2 Å². The van der Waals surface area contributed by atoms with Crippen molar-refractivity contribution in [1.82, 2.24) is 10.7 Å². The van der Waals surface area contributed by atoms with E-state index in [0.29, 0.717) is 16.4 Å². The number of amidine groups is 1. The highest BCUT2D eigenvalue weighted by atomic mass is 32.1. The average Bonchev–Trinajstić information content (AvgIpc) is 2.68. The van der Waals surface area contributed by atoms with Crippen molar-refractivity contribution < 1.29 is 17.9 Å². The van der Waals surface area contributed by atoms with Gasteiger partial charge in [-0.1, -0.05) is 24.3 Å². The predicted octanol–water partition coefficient (Wildman–Crippen LogP) is 3.08. The van der Waals surface area contributed by atoms with E-state index in [9.17, 15) is 13.2 Å². The Labute approximate surface area is 170 Å². The highest BCUT2D eigenvalue weighted by Crippen LogP contribution is 2.24. The first-order valence-electron chi connectivity index (χ1n) is 8.09. The molecule has 7 nitrogen and oxygen atoms in total. The van der Waals surface area contributed by atoms with Crippen LogP contribution in [0.4, 0.5) is 18.9 Å². The molecule has 2 aromatic rings. The van der Waals surface area contributed by atoms with E-state index in [-0.39, 0.29) is 11.6 Å². The van der Waals surface area contributed by atoms with Crippen molar-refractivity contribution in [3.05, 3.63) is 59.7 Å². The minimum Gasteiger partial charge on any atom is -0.406 e. The molecule has 0 aliphatic rings. The summed E-state index contributed by atoms with van der Waals surface area (Å²) >= 11 is 4.90. The van der Waals surface area contributed by atoms with Crippen molar-refractivity contribution in [2.24, 2.45) is 20.8 Å². The number of aliphatic imine (C=N–C) groups is 2. The number of nitrogens with one attached hydrogen (secondary N) is 2. The van der Waals surface area contributed by atoms with E-state index in [2.05, 4.69) is 30.6 Å². The van der Waals surface area contributed by atoms with Crippen LogP contribution in [-0.2, 0) is 0 Å². The summed E-state index contributed by atoms with van der Waals surface area (Å²) in [6.07, 6.45) is -1.93. The van der Waals surface area contributed by atoms with Gasteiger partial charge in [-0.15, -0.1) is 13.2 Å². The smallest absolute Gasteiger partial charge is 0.406 e. The van der Waals surface area contributed by atoms with Gasteiger partial charge in [0.2, 0.25) is 0 Å². The molecule has 0 fully saturated rings. The minimum absolute atomic E-state index is 0.226. The molecule has 0 aliphatic heterocycles.